The molecule has 2 aromatic heterocycles. The average Bonchev–Trinajstić information content (AvgIpc) is 3.03. The summed E-state index contributed by atoms with van der Waals surface area (Å²) in [6.07, 6.45) is 0. The van der Waals surface area contributed by atoms with Crippen molar-refractivity contribution in [2.24, 2.45) is 0 Å². The zero-order chi connectivity index (χ0) is 18.9. The third-order valence-electron chi connectivity index (χ3n) is 5.28. The molecule has 2 aliphatic rings. The van der Waals surface area contributed by atoms with E-state index in [0.29, 0.717) is 30.0 Å². The molecule has 2 aliphatic heterocycles. The number of piperazine rings is 1. The van der Waals surface area contributed by atoms with Crippen LogP contribution in [-0.2, 0) is 0 Å². The second kappa shape index (κ2) is 5.46. The molecule has 0 amide bonds. The van der Waals surface area contributed by atoms with Crippen LogP contribution in [0.2, 0.25) is 0 Å². The van der Waals surface area contributed by atoms with Crippen LogP contribution >= 0.6 is 0 Å². The van der Waals surface area contributed by atoms with E-state index in [0.717, 1.165) is 13.1 Å². The topological polar surface area (TPSA) is 83.7 Å². The minimum Gasteiger partial charge on any atom is -0.483 e. The molecule has 0 saturated carbocycles. The van der Waals surface area contributed by atoms with E-state index >= 15 is 4.39 Å². The van der Waals surface area contributed by atoms with E-state index in [9.17, 15) is 9.59 Å². The Balaban J connectivity index is 1.90. The van der Waals surface area contributed by atoms with Gasteiger partial charge in [-0.3, -0.25) is 14.2 Å². The van der Waals surface area contributed by atoms with Gasteiger partial charge in [0.05, 0.1) is 11.1 Å². The van der Waals surface area contributed by atoms with Crippen LogP contribution in [0, 0.1) is 5.82 Å². The fourth-order valence-electron chi connectivity index (χ4n) is 3.87. The monoisotopic (exact) mass is 372 g/mol. The minimum atomic E-state index is -0.648. The van der Waals surface area contributed by atoms with Gasteiger partial charge in [0, 0.05) is 26.2 Å². The smallest absolute Gasteiger partial charge is 0.293 e. The van der Waals surface area contributed by atoms with Gasteiger partial charge in [-0.1, -0.05) is 6.58 Å². The molecule has 8 nitrogen and oxygen atoms in total. The van der Waals surface area contributed by atoms with Crippen molar-refractivity contribution in [3.63, 3.8) is 0 Å². The molecule has 1 fully saturated rings. The highest BCUT2D eigenvalue weighted by Gasteiger charge is 2.31. The lowest BCUT2D eigenvalue weighted by atomic mass is 10.1. The molecule has 0 unspecified atom stereocenters. The Labute approximate surface area is 152 Å². The first-order valence-electron chi connectivity index (χ1n) is 8.64. The molecule has 0 radical (unpaired) electrons. The Hall–Kier alpha value is -3.07. The van der Waals surface area contributed by atoms with Crippen molar-refractivity contribution in [3.8, 4) is 5.75 Å². The standard InChI is InChI=1S/C18H17FN4O4/c1-9-8-26-16-13-10(15(24)12-17(25)20-27-18(12)23(9)13)7-11(19)14(16)22-5-3-21(2)4-6-22/h7H,1,3-6,8H2,2H3,(H,20,25). The Kier molecular flexibility index (Phi) is 3.26. The number of hydrogen-bond acceptors (Lipinski definition) is 6. The third kappa shape index (κ3) is 2.11. The lowest BCUT2D eigenvalue weighted by molar-refractivity contribution is 0.307. The highest BCUT2D eigenvalue weighted by atomic mass is 19.1. The second-order valence-corrected chi connectivity index (χ2v) is 6.96. The number of H-pyrrole nitrogens is 1. The molecule has 1 N–H and O–H groups in total. The second-order valence-electron chi connectivity index (χ2n) is 6.96. The molecule has 0 atom stereocenters. The van der Waals surface area contributed by atoms with Crippen molar-refractivity contribution in [2.45, 2.75) is 0 Å². The van der Waals surface area contributed by atoms with E-state index in [2.05, 4.69) is 16.6 Å². The number of benzene rings is 1. The molecule has 9 heteroatoms. The minimum absolute atomic E-state index is 0.0700. The Morgan fingerprint density at radius 2 is 1.96 bits per heavy atom. The van der Waals surface area contributed by atoms with Crippen molar-refractivity contribution in [1.29, 1.82) is 0 Å². The van der Waals surface area contributed by atoms with Crippen LogP contribution in [0.15, 0.2) is 26.8 Å². The summed E-state index contributed by atoms with van der Waals surface area (Å²) in [5, 5.41) is 2.11. The predicted octanol–water partition coefficient (Wildman–Crippen LogP) is 1.19. The number of aromatic amines is 1. The molecule has 0 aliphatic carbocycles. The summed E-state index contributed by atoms with van der Waals surface area (Å²) >= 11 is 0. The van der Waals surface area contributed by atoms with Crippen molar-refractivity contribution in [1.82, 2.24) is 14.6 Å². The largest absolute Gasteiger partial charge is 0.483 e. The molecule has 1 aromatic carbocycles. The summed E-state index contributed by atoms with van der Waals surface area (Å²) in [5.74, 6) is -0.262. The van der Waals surface area contributed by atoms with Gasteiger partial charge in [-0.15, -0.1) is 0 Å². The summed E-state index contributed by atoms with van der Waals surface area (Å²) in [5.41, 5.74) is 0.0363. The molecule has 3 aromatic rings. The third-order valence-corrected chi connectivity index (χ3v) is 5.28. The molecule has 1 saturated heterocycles. The normalized spacial score (nSPS) is 17.7. The lowest BCUT2D eigenvalue weighted by Gasteiger charge is -2.36. The van der Waals surface area contributed by atoms with Gasteiger partial charge in [-0.05, 0) is 13.1 Å². The fourth-order valence-corrected chi connectivity index (χ4v) is 3.87. The van der Waals surface area contributed by atoms with Crippen molar-refractivity contribution in [3.05, 3.63) is 39.0 Å². The van der Waals surface area contributed by atoms with E-state index in [-0.39, 0.29) is 28.8 Å². The first-order valence-corrected chi connectivity index (χ1v) is 8.64. The van der Waals surface area contributed by atoms with E-state index < -0.39 is 16.8 Å². The quantitative estimate of drug-likeness (QED) is 0.691. The number of hydrogen-bond donors (Lipinski definition) is 1. The van der Waals surface area contributed by atoms with Gasteiger partial charge < -0.3 is 19.1 Å². The number of halogens is 1. The van der Waals surface area contributed by atoms with Gasteiger partial charge in [-0.25, -0.2) is 4.39 Å². The zero-order valence-electron chi connectivity index (χ0n) is 14.7. The number of aromatic nitrogens is 2. The maximum Gasteiger partial charge on any atom is 0.293 e. The van der Waals surface area contributed by atoms with Gasteiger partial charge in [0.2, 0.25) is 11.1 Å². The number of nitrogens with one attached hydrogen (secondary N) is 1. The molecule has 4 heterocycles. The summed E-state index contributed by atoms with van der Waals surface area (Å²) in [7, 11) is 2.01. The molecular weight excluding hydrogens is 355 g/mol. The molecule has 5 rings (SSSR count). The highest BCUT2D eigenvalue weighted by molar-refractivity contribution is 6.01. The number of pyridine rings is 1. The summed E-state index contributed by atoms with van der Waals surface area (Å²) in [6, 6.07) is 1.18. The van der Waals surface area contributed by atoms with Crippen molar-refractivity contribution >= 4 is 33.4 Å². The Morgan fingerprint density at radius 1 is 1.22 bits per heavy atom. The average molecular weight is 372 g/mol. The van der Waals surface area contributed by atoms with Crippen LogP contribution in [0.4, 0.5) is 10.1 Å². The van der Waals surface area contributed by atoms with Crippen LogP contribution in [0.3, 0.4) is 0 Å². The van der Waals surface area contributed by atoms with Crippen LogP contribution in [0.25, 0.3) is 27.7 Å². The van der Waals surface area contributed by atoms with Gasteiger partial charge in [-0.2, -0.15) is 5.16 Å². The number of ether oxygens (including phenoxy) is 1. The summed E-state index contributed by atoms with van der Waals surface area (Å²) in [6.45, 7) is 6.91. The van der Waals surface area contributed by atoms with Crippen molar-refractivity contribution < 1.29 is 13.7 Å². The first kappa shape index (κ1) is 16.1. The van der Waals surface area contributed by atoms with E-state index in [1.54, 1.807) is 4.57 Å². The molecule has 140 valence electrons. The Bertz CT molecular complexity index is 1230. The number of fused-ring (bicyclic) bond motifs is 2. The maximum atomic E-state index is 15.1. The number of likely N-dealkylation sites (N-methyl/N-ethyl adjacent to an activating group) is 1. The maximum absolute atomic E-state index is 15.1. The number of anilines is 1. The molecule has 0 spiro atoms. The highest BCUT2D eigenvalue weighted by Crippen LogP contribution is 2.42. The van der Waals surface area contributed by atoms with Crippen molar-refractivity contribution in [2.75, 3.05) is 44.7 Å². The van der Waals surface area contributed by atoms with E-state index in [1.807, 2.05) is 11.9 Å². The summed E-state index contributed by atoms with van der Waals surface area (Å²) < 4.78 is 27.7. The van der Waals surface area contributed by atoms with Gasteiger partial charge in [0.15, 0.2) is 17.0 Å². The first-order chi connectivity index (χ1) is 13.0. The van der Waals surface area contributed by atoms with Gasteiger partial charge in [0.25, 0.3) is 5.56 Å². The van der Waals surface area contributed by atoms with E-state index in [4.69, 9.17) is 9.26 Å². The van der Waals surface area contributed by atoms with Gasteiger partial charge in [0.1, 0.15) is 17.8 Å². The fraction of sp³-hybridized carbons (Fsp3) is 0.333. The van der Waals surface area contributed by atoms with Crippen LogP contribution in [0.1, 0.15) is 0 Å². The predicted molar refractivity (Wildman–Crippen MR) is 99.1 cm³/mol. The number of rotatable bonds is 1. The number of nitrogens with zero attached hydrogens (tertiary/aromatic N) is 3. The Morgan fingerprint density at radius 3 is 2.70 bits per heavy atom. The van der Waals surface area contributed by atoms with Crippen LogP contribution in [-0.4, -0.2) is 54.5 Å². The molecule has 27 heavy (non-hydrogen) atoms. The van der Waals surface area contributed by atoms with Crippen LogP contribution < -0.4 is 20.6 Å². The zero-order valence-corrected chi connectivity index (χ0v) is 14.7. The van der Waals surface area contributed by atoms with Gasteiger partial charge >= 0.3 is 0 Å². The van der Waals surface area contributed by atoms with E-state index in [1.165, 1.54) is 6.07 Å². The SMILES string of the molecule is C=C1COc2c(N3CCN(C)CC3)c(F)cc3c(=O)c4c(=O)[nH]oc4n1c23. The lowest BCUT2D eigenvalue weighted by Crippen LogP contribution is -2.45. The summed E-state index contributed by atoms with van der Waals surface area (Å²) in [4.78, 5) is 28.9. The molecule has 0 bridgehead atoms. The van der Waals surface area contributed by atoms with Crippen LogP contribution in [0.5, 0.6) is 5.75 Å². The molecular formula is C18H17FN4O4.